The van der Waals surface area contributed by atoms with Gasteiger partial charge in [-0.25, -0.2) is 4.98 Å². The lowest BCUT2D eigenvalue weighted by Crippen LogP contribution is -2.30. The van der Waals surface area contributed by atoms with E-state index in [-0.39, 0.29) is 18.0 Å². The number of amides is 1. The highest BCUT2D eigenvalue weighted by atomic mass is 32.1. The number of hydrogen-bond donors (Lipinski definition) is 2. The number of rotatable bonds is 8. The molecule has 0 spiro atoms. The van der Waals surface area contributed by atoms with Crippen molar-refractivity contribution in [1.29, 1.82) is 0 Å². The molecule has 0 fully saturated rings. The molecule has 0 unspecified atom stereocenters. The lowest BCUT2D eigenvalue weighted by Gasteiger charge is -2.07. The van der Waals surface area contributed by atoms with Crippen LogP contribution < -0.4 is 10.6 Å². The first-order valence-corrected chi connectivity index (χ1v) is 9.66. The van der Waals surface area contributed by atoms with Crippen molar-refractivity contribution < 1.29 is 9.72 Å². The summed E-state index contributed by atoms with van der Waals surface area (Å²) < 4.78 is 0. The summed E-state index contributed by atoms with van der Waals surface area (Å²) in [4.78, 5) is 26.6. The summed E-state index contributed by atoms with van der Waals surface area (Å²) in [6, 6.07) is 8.17. The molecule has 0 radical (unpaired) electrons. The second-order valence-electron chi connectivity index (χ2n) is 5.41. The molecule has 1 aromatic carbocycles. The van der Waals surface area contributed by atoms with Crippen molar-refractivity contribution in [3.05, 3.63) is 62.3 Å². The highest BCUT2D eigenvalue weighted by Gasteiger charge is 2.09. The van der Waals surface area contributed by atoms with E-state index >= 15 is 0 Å². The molecule has 3 rings (SSSR count). The van der Waals surface area contributed by atoms with Gasteiger partial charge in [-0.15, -0.1) is 11.3 Å². The Labute approximate surface area is 157 Å². The van der Waals surface area contributed by atoms with E-state index in [4.69, 9.17) is 0 Å². The van der Waals surface area contributed by atoms with Crippen molar-refractivity contribution in [1.82, 2.24) is 10.3 Å². The van der Waals surface area contributed by atoms with Crippen LogP contribution in [0.2, 0.25) is 0 Å². The van der Waals surface area contributed by atoms with Crippen LogP contribution in [0.15, 0.2) is 46.5 Å². The minimum absolute atomic E-state index is 0.0499. The maximum atomic E-state index is 12.0. The molecule has 0 atom stereocenters. The number of nitrogens with zero attached hydrogens (tertiary/aromatic N) is 2. The summed E-state index contributed by atoms with van der Waals surface area (Å²) in [7, 11) is 0. The number of nitro groups is 1. The van der Waals surface area contributed by atoms with Crippen LogP contribution in [0.4, 0.5) is 11.4 Å². The van der Waals surface area contributed by atoms with Gasteiger partial charge < -0.3 is 10.6 Å². The predicted octanol–water partition coefficient (Wildman–Crippen LogP) is 3.55. The number of thiazole rings is 1. The number of anilines is 1. The second-order valence-corrected chi connectivity index (χ2v) is 7.05. The largest absolute Gasteiger partial charge is 0.383 e. The summed E-state index contributed by atoms with van der Waals surface area (Å²) >= 11 is 3.15. The predicted molar refractivity (Wildman–Crippen MR) is 104 cm³/mol. The zero-order valence-corrected chi connectivity index (χ0v) is 15.3. The zero-order valence-electron chi connectivity index (χ0n) is 13.7. The molecule has 2 heterocycles. The Morgan fingerprint density at radius 1 is 1.15 bits per heavy atom. The average Bonchev–Trinajstić information content (AvgIpc) is 3.30. The molecular weight excluding hydrogens is 372 g/mol. The molecule has 3 aromatic rings. The maximum absolute atomic E-state index is 12.0. The first-order chi connectivity index (χ1) is 12.6. The molecule has 0 aliphatic rings. The third kappa shape index (κ3) is 4.87. The molecule has 0 aliphatic carbocycles. The molecule has 9 heteroatoms. The Bertz CT molecular complexity index is 876. The van der Waals surface area contributed by atoms with E-state index in [0.717, 1.165) is 22.0 Å². The number of aromatic nitrogens is 1. The Balaban J connectivity index is 1.40. The van der Waals surface area contributed by atoms with E-state index in [0.29, 0.717) is 13.1 Å². The van der Waals surface area contributed by atoms with Crippen LogP contribution in [-0.4, -0.2) is 28.9 Å². The Morgan fingerprint density at radius 2 is 1.96 bits per heavy atom. The van der Waals surface area contributed by atoms with Gasteiger partial charge in [-0.1, -0.05) is 0 Å². The smallest absolute Gasteiger partial charge is 0.269 e. The van der Waals surface area contributed by atoms with Crippen LogP contribution in [0, 0.1) is 10.1 Å². The average molecular weight is 388 g/mol. The van der Waals surface area contributed by atoms with Gasteiger partial charge in [0.15, 0.2) is 0 Å². The standard InChI is InChI=1S/C17H16N4O3S2/c22-16(9-14-11-26-17(20-14)12-5-8-25-10-12)19-7-6-18-13-1-3-15(4-2-13)21(23)24/h1-5,8,10-11,18H,6-7,9H2,(H,19,22). The van der Waals surface area contributed by atoms with Crippen LogP contribution >= 0.6 is 22.7 Å². The van der Waals surface area contributed by atoms with E-state index < -0.39 is 4.92 Å². The van der Waals surface area contributed by atoms with Crippen LogP contribution in [0.25, 0.3) is 10.6 Å². The molecule has 2 aromatic heterocycles. The van der Waals surface area contributed by atoms with E-state index in [1.807, 2.05) is 22.2 Å². The topological polar surface area (TPSA) is 97.2 Å². The van der Waals surface area contributed by atoms with Gasteiger partial charge in [-0.05, 0) is 23.6 Å². The Hall–Kier alpha value is -2.78. The molecule has 1 amide bonds. The fourth-order valence-corrected chi connectivity index (χ4v) is 3.78. The van der Waals surface area contributed by atoms with Gasteiger partial charge in [-0.3, -0.25) is 14.9 Å². The number of benzene rings is 1. The molecule has 0 saturated heterocycles. The molecule has 0 bridgehead atoms. The number of nitrogens with one attached hydrogen (secondary N) is 2. The molecule has 26 heavy (non-hydrogen) atoms. The van der Waals surface area contributed by atoms with Crippen LogP contribution in [0.3, 0.4) is 0 Å². The van der Waals surface area contributed by atoms with E-state index in [1.54, 1.807) is 23.5 Å². The van der Waals surface area contributed by atoms with Crippen molar-refractivity contribution in [2.75, 3.05) is 18.4 Å². The van der Waals surface area contributed by atoms with Crippen LogP contribution in [0.1, 0.15) is 5.69 Å². The number of hydrogen-bond acceptors (Lipinski definition) is 7. The van der Waals surface area contributed by atoms with Crippen molar-refractivity contribution in [3.63, 3.8) is 0 Å². The molecule has 2 N–H and O–H groups in total. The lowest BCUT2D eigenvalue weighted by molar-refractivity contribution is -0.384. The molecule has 0 saturated carbocycles. The maximum Gasteiger partial charge on any atom is 0.269 e. The minimum atomic E-state index is -0.438. The second kappa shape index (κ2) is 8.54. The van der Waals surface area contributed by atoms with E-state index in [9.17, 15) is 14.9 Å². The van der Waals surface area contributed by atoms with Gasteiger partial charge in [0.25, 0.3) is 5.69 Å². The minimum Gasteiger partial charge on any atom is -0.383 e. The molecule has 0 aliphatic heterocycles. The molecule has 7 nitrogen and oxygen atoms in total. The van der Waals surface area contributed by atoms with Gasteiger partial charge in [-0.2, -0.15) is 11.3 Å². The lowest BCUT2D eigenvalue weighted by atomic mass is 10.3. The van der Waals surface area contributed by atoms with E-state index in [1.165, 1.54) is 23.5 Å². The SMILES string of the molecule is O=C(Cc1csc(-c2ccsc2)n1)NCCNc1ccc([N+](=O)[O-])cc1. The Kier molecular flexibility index (Phi) is 5.92. The van der Waals surface area contributed by atoms with Crippen LogP contribution in [0.5, 0.6) is 0 Å². The summed E-state index contributed by atoms with van der Waals surface area (Å²) in [6.07, 6.45) is 0.248. The van der Waals surface area contributed by atoms with Crippen molar-refractivity contribution >= 4 is 40.0 Å². The number of carbonyl (C=O) groups excluding carboxylic acids is 1. The Morgan fingerprint density at radius 3 is 2.65 bits per heavy atom. The number of nitro benzene ring substituents is 1. The highest BCUT2D eigenvalue weighted by Crippen LogP contribution is 2.25. The van der Waals surface area contributed by atoms with Crippen LogP contribution in [-0.2, 0) is 11.2 Å². The third-order valence-electron chi connectivity index (χ3n) is 3.52. The summed E-state index contributed by atoms with van der Waals surface area (Å²) in [5.41, 5.74) is 2.66. The number of non-ortho nitro benzene ring substituents is 1. The third-order valence-corrected chi connectivity index (χ3v) is 5.14. The van der Waals surface area contributed by atoms with Gasteiger partial charge in [0.05, 0.1) is 17.0 Å². The van der Waals surface area contributed by atoms with Gasteiger partial charge >= 0.3 is 0 Å². The fraction of sp³-hybridized carbons (Fsp3) is 0.176. The monoisotopic (exact) mass is 388 g/mol. The van der Waals surface area contributed by atoms with Gasteiger partial charge in [0.1, 0.15) is 5.01 Å². The molecular formula is C17H16N4O3S2. The van der Waals surface area contributed by atoms with Crippen molar-refractivity contribution in [2.45, 2.75) is 6.42 Å². The van der Waals surface area contributed by atoms with Gasteiger partial charge in [0, 0.05) is 47.2 Å². The number of carbonyl (C=O) groups is 1. The van der Waals surface area contributed by atoms with Crippen molar-refractivity contribution in [3.8, 4) is 10.6 Å². The normalized spacial score (nSPS) is 10.5. The molecule has 134 valence electrons. The first kappa shape index (κ1) is 18.0. The summed E-state index contributed by atoms with van der Waals surface area (Å²) in [6.45, 7) is 0.984. The van der Waals surface area contributed by atoms with Crippen molar-refractivity contribution in [2.24, 2.45) is 0 Å². The fourth-order valence-electron chi connectivity index (χ4n) is 2.24. The summed E-state index contributed by atoms with van der Waals surface area (Å²) in [5.74, 6) is -0.0855. The first-order valence-electron chi connectivity index (χ1n) is 7.84. The van der Waals surface area contributed by atoms with Gasteiger partial charge in [0.2, 0.25) is 5.91 Å². The van der Waals surface area contributed by atoms with E-state index in [2.05, 4.69) is 15.6 Å². The highest BCUT2D eigenvalue weighted by molar-refractivity contribution is 7.14. The summed E-state index contributed by atoms with van der Waals surface area (Å²) in [5, 5.41) is 23.4. The number of thiophene rings is 1. The quantitative estimate of drug-likeness (QED) is 0.349. The zero-order chi connectivity index (χ0) is 18.4.